The van der Waals surface area contributed by atoms with Crippen LogP contribution < -0.4 is 0 Å². The van der Waals surface area contributed by atoms with Crippen molar-refractivity contribution < 1.29 is 27.5 Å². The van der Waals surface area contributed by atoms with Gasteiger partial charge in [-0.15, -0.1) is 0 Å². The second kappa shape index (κ2) is 8.08. The van der Waals surface area contributed by atoms with Crippen molar-refractivity contribution in [2.24, 2.45) is 0 Å². The fraction of sp³-hybridized carbons (Fsp3) is 0.800. The zero-order chi connectivity index (χ0) is 15.1. The molecule has 0 aliphatic rings. The zero-order valence-corrected chi connectivity index (χ0v) is 12.4. The largest absolute Gasteiger partial charge is 0.469 e. The first kappa shape index (κ1) is 17.8. The Morgan fingerprint density at radius 2 is 1.63 bits per heavy atom. The van der Waals surface area contributed by atoms with Gasteiger partial charge in [-0.2, -0.15) is 17.0 Å². The van der Waals surface area contributed by atoms with Gasteiger partial charge >= 0.3 is 11.9 Å². The smallest absolute Gasteiger partial charge is 0.321 e. The van der Waals surface area contributed by atoms with E-state index in [0.29, 0.717) is 0 Å². The molecule has 19 heavy (non-hydrogen) atoms. The number of likely N-dealkylation sites (N-methyl/N-ethyl adjacent to an activating group) is 1. The van der Waals surface area contributed by atoms with Crippen molar-refractivity contribution in [1.82, 2.24) is 8.61 Å². The summed E-state index contributed by atoms with van der Waals surface area (Å²) >= 11 is 0. The van der Waals surface area contributed by atoms with Gasteiger partial charge in [-0.3, -0.25) is 9.59 Å². The third kappa shape index (κ3) is 5.53. The Labute approximate surface area is 113 Å². The van der Waals surface area contributed by atoms with E-state index in [4.69, 9.17) is 0 Å². The molecule has 0 aromatic heterocycles. The maximum atomic E-state index is 12.1. The highest BCUT2D eigenvalue weighted by Gasteiger charge is 2.28. The van der Waals surface area contributed by atoms with Gasteiger partial charge in [0.2, 0.25) is 0 Å². The average molecular weight is 296 g/mol. The molecule has 0 heterocycles. The summed E-state index contributed by atoms with van der Waals surface area (Å²) in [5.74, 6) is -1.15. The van der Waals surface area contributed by atoms with Crippen LogP contribution in [0.25, 0.3) is 0 Å². The molecule has 0 fully saturated rings. The fourth-order valence-corrected chi connectivity index (χ4v) is 2.54. The number of rotatable bonds is 8. The summed E-state index contributed by atoms with van der Waals surface area (Å²) in [6.45, 7) is 1.35. The van der Waals surface area contributed by atoms with Gasteiger partial charge in [-0.05, 0) is 0 Å². The summed E-state index contributed by atoms with van der Waals surface area (Å²) in [5.41, 5.74) is 0. The lowest BCUT2D eigenvalue weighted by Crippen LogP contribution is -2.45. The van der Waals surface area contributed by atoms with Crippen molar-refractivity contribution in [2.45, 2.75) is 13.3 Å². The Hall–Kier alpha value is -1.19. The monoisotopic (exact) mass is 296 g/mol. The van der Waals surface area contributed by atoms with E-state index in [1.807, 2.05) is 0 Å². The van der Waals surface area contributed by atoms with E-state index in [2.05, 4.69) is 9.47 Å². The summed E-state index contributed by atoms with van der Waals surface area (Å²) in [4.78, 5) is 22.1. The van der Waals surface area contributed by atoms with Crippen molar-refractivity contribution in [2.75, 3.05) is 40.9 Å². The standard InChI is InChI=1S/C10H20N2O6S/c1-5-12(8-10(14)18-4)19(15,16)11(2)7-6-9(13)17-3/h5-8H2,1-4H3. The first-order valence-electron chi connectivity index (χ1n) is 5.64. The van der Waals surface area contributed by atoms with Crippen molar-refractivity contribution in [3.63, 3.8) is 0 Å². The molecule has 0 aliphatic carbocycles. The number of methoxy groups -OCH3 is 2. The first-order valence-corrected chi connectivity index (χ1v) is 7.04. The second-order valence-electron chi connectivity index (χ2n) is 3.66. The van der Waals surface area contributed by atoms with Crippen LogP contribution in [-0.4, -0.2) is 69.9 Å². The van der Waals surface area contributed by atoms with Gasteiger partial charge in [0.15, 0.2) is 0 Å². The number of nitrogens with zero attached hydrogens (tertiary/aromatic N) is 2. The van der Waals surface area contributed by atoms with E-state index < -0.39 is 22.1 Å². The minimum atomic E-state index is -3.80. The van der Waals surface area contributed by atoms with Gasteiger partial charge in [-0.1, -0.05) is 6.92 Å². The van der Waals surface area contributed by atoms with Gasteiger partial charge in [0.1, 0.15) is 6.54 Å². The molecule has 0 N–H and O–H groups in total. The molecule has 0 bridgehead atoms. The van der Waals surface area contributed by atoms with Crippen molar-refractivity contribution in [1.29, 1.82) is 0 Å². The number of hydrogen-bond donors (Lipinski definition) is 0. The number of carbonyl (C=O) groups excluding carboxylic acids is 2. The van der Waals surface area contributed by atoms with E-state index in [1.165, 1.54) is 21.3 Å². The lowest BCUT2D eigenvalue weighted by molar-refractivity contribution is -0.141. The van der Waals surface area contributed by atoms with Crippen molar-refractivity contribution in [3.8, 4) is 0 Å². The number of esters is 2. The molecule has 0 saturated carbocycles. The Bertz CT molecular complexity index is 408. The quantitative estimate of drug-likeness (QED) is 0.546. The van der Waals surface area contributed by atoms with E-state index in [0.717, 1.165) is 8.61 Å². The Kier molecular flexibility index (Phi) is 7.57. The molecule has 0 rings (SSSR count). The SMILES string of the molecule is CCN(CC(=O)OC)S(=O)(=O)N(C)CCC(=O)OC. The van der Waals surface area contributed by atoms with Crippen molar-refractivity contribution in [3.05, 3.63) is 0 Å². The lowest BCUT2D eigenvalue weighted by Gasteiger charge is -2.25. The molecule has 112 valence electrons. The molecule has 0 atom stereocenters. The number of ether oxygens (including phenoxy) is 2. The topological polar surface area (TPSA) is 93.2 Å². The van der Waals surface area contributed by atoms with Gasteiger partial charge in [0, 0.05) is 20.1 Å². The Morgan fingerprint density at radius 3 is 2.05 bits per heavy atom. The Morgan fingerprint density at radius 1 is 1.11 bits per heavy atom. The summed E-state index contributed by atoms with van der Waals surface area (Å²) in [7, 11) is -0.0577. The summed E-state index contributed by atoms with van der Waals surface area (Å²) in [6.07, 6.45) is -0.0536. The normalized spacial score (nSPS) is 11.7. The minimum Gasteiger partial charge on any atom is -0.469 e. The van der Waals surface area contributed by atoms with Crippen LogP contribution >= 0.6 is 0 Å². The second-order valence-corrected chi connectivity index (χ2v) is 5.69. The average Bonchev–Trinajstić information content (AvgIpc) is 2.40. The zero-order valence-electron chi connectivity index (χ0n) is 11.6. The maximum absolute atomic E-state index is 12.1. The molecule has 0 unspecified atom stereocenters. The van der Waals surface area contributed by atoms with Crippen LogP contribution in [0.2, 0.25) is 0 Å². The molecule has 8 nitrogen and oxygen atoms in total. The highest BCUT2D eigenvalue weighted by molar-refractivity contribution is 7.86. The number of carbonyl (C=O) groups is 2. The maximum Gasteiger partial charge on any atom is 0.321 e. The molecule has 0 aromatic rings. The molecule has 0 aromatic carbocycles. The molecule has 0 saturated heterocycles. The predicted molar refractivity (Wildman–Crippen MR) is 67.4 cm³/mol. The van der Waals surface area contributed by atoms with Crippen LogP contribution in [0.3, 0.4) is 0 Å². The predicted octanol–water partition coefficient (Wildman–Crippen LogP) is -0.779. The van der Waals surface area contributed by atoms with Gasteiger partial charge in [-0.25, -0.2) is 0 Å². The molecular weight excluding hydrogens is 276 g/mol. The highest BCUT2D eigenvalue weighted by atomic mass is 32.2. The van der Waals surface area contributed by atoms with Crippen LogP contribution in [0.1, 0.15) is 13.3 Å². The van der Waals surface area contributed by atoms with Crippen LogP contribution in [-0.2, 0) is 29.3 Å². The summed E-state index contributed by atoms with van der Waals surface area (Å²) in [6, 6.07) is 0. The van der Waals surface area contributed by atoms with Gasteiger partial charge in [0.05, 0.1) is 20.6 Å². The van der Waals surface area contributed by atoms with Crippen LogP contribution in [0.4, 0.5) is 0 Å². The van der Waals surface area contributed by atoms with Crippen molar-refractivity contribution >= 4 is 22.1 Å². The molecule has 0 radical (unpaired) electrons. The third-order valence-corrected chi connectivity index (χ3v) is 4.47. The molecular formula is C10H20N2O6S. The first-order chi connectivity index (χ1) is 8.79. The molecule has 0 aliphatic heterocycles. The fourth-order valence-electron chi connectivity index (χ4n) is 1.23. The number of hydrogen-bond acceptors (Lipinski definition) is 6. The highest BCUT2D eigenvalue weighted by Crippen LogP contribution is 2.07. The van der Waals surface area contributed by atoms with Crippen LogP contribution in [0.15, 0.2) is 0 Å². The van der Waals surface area contributed by atoms with Crippen LogP contribution in [0, 0.1) is 0 Å². The van der Waals surface area contributed by atoms with Gasteiger partial charge in [0.25, 0.3) is 10.2 Å². The van der Waals surface area contributed by atoms with Gasteiger partial charge < -0.3 is 9.47 Å². The van der Waals surface area contributed by atoms with Crippen LogP contribution in [0.5, 0.6) is 0 Å². The summed E-state index contributed by atoms with van der Waals surface area (Å²) in [5, 5.41) is 0. The van der Waals surface area contributed by atoms with E-state index in [-0.39, 0.29) is 26.1 Å². The summed E-state index contributed by atoms with van der Waals surface area (Å²) < 4.78 is 35.0. The molecule has 0 amide bonds. The van der Waals surface area contributed by atoms with E-state index in [9.17, 15) is 18.0 Å². The third-order valence-electron chi connectivity index (χ3n) is 2.46. The molecule has 0 spiro atoms. The molecule has 9 heteroatoms. The van der Waals surface area contributed by atoms with E-state index in [1.54, 1.807) is 6.92 Å². The van der Waals surface area contributed by atoms with E-state index >= 15 is 0 Å². The Balaban J connectivity index is 4.71. The lowest BCUT2D eigenvalue weighted by atomic mass is 10.4. The minimum absolute atomic E-state index is 0.0212.